The molecule has 2 unspecified atom stereocenters. The predicted molar refractivity (Wildman–Crippen MR) is 166 cm³/mol. The van der Waals surface area contributed by atoms with E-state index in [0.29, 0.717) is 6.42 Å². The van der Waals surface area contributed by atoms with Crippen LogP contribution in [0.25, 0.3) is 0 Å². The number of carbonyl (C=O) groups excluding carboxylic acids is 1. The number of carbonyl (C=O) groups is 2. The second kappa shape index (κ2) is 26.9. The van der Waals surface area contributed by atoms with E-state index in [1.807, 2.05) is 13.8 Å². The molecule has 0 bridgehead atoms. The molecule has 7 heteroatoms. The zero-order valence-electron chi connectivity index (χ0n) is 25.5. The number of aliphatic carboxylic acids is 2. The Morgan fingerprint density at radius 1 is 0.659 bits per heavy atom. The third-order valence-corrected chi connectivity index (χ3v) is 9.40. The van der Waals surface area contributed by atoms with Gasteiger partial charge in [0.2, 0.25) is 0 Å². The summed E-state index contributed by atoms with van der Waals surface area (Å²) in [5, 5.41) is 23.2. The van der Waals surface area contributed by atoms with E-state index in [2.05, 4.69) is 105 Å². The van der Waals surface area contributed by atoms with Crippen LogP contribution >= 0.6 is 7.92 Å². The van der Waals surface area contributed by atoms with Gasteiger partial charge in [0.1, 0.15) is 15.9 Å². The Balaban J connectivity index is 0. The standard InChI is InChI=1S/C18H15P.2C8H16O2.K.Pd/c1-4-10-16(11-5-1)19(17-12-6-2-7-13-17)18-14-8-3-9-15-18;2*1-3-5-6-7(4-2)8(9)10;;/h1-15H;2*7H,3-6H2,1-2H3,(H,9,10);;/q;;;+1;. The van der Waals surface area contributed by atoms with Crippen molar-refractivity contribution < 1.29 is 91.6 Å². The zero-order valence-corrected chi connectivity index (χ0v) is 31.1. The average Bonchev–Trinajstić information content (AvgIpc) is 2.96. The van der Waals surface area contributed by atoms with Crippen molar-refractivity contribution >= 4 is 35.8 Å². The Kier molecular flexibility index (Phi) is 27.9. The molecule has 222 valence electrons. The van der Waals surface area contributed by atoms with Crippen molar-refractivity contribution in [3.05, 3.63) is 91.0 Å². The van der Waals surface area contributed by atoms with E-state index in [9.17, 15) is 14.7 Å². The molecule has 41 heavy (non-hydrogen) atoms. The molecule has 3 aromatic carbocycles. The summed E-state index contributed by atoms with van der Waals surface area (Å²) in [4.78, 5) is 20.8. The monoisotopic (exact) mass is 695 g/mol. The molecule has 0 saturated heterocycles. The topological polar surface area (TPSA) is 77.4 Å². The molecule has 0 aliphatic rings. The first-order chi connectivity index (χ1) is 18.9. The Labute approximate surface area is 306 Å². The van der Waals surface area contributed by atoms with Crippen LogP contribution < -0.4 is 72.4 Å². The second-order valence-electron chi connectivity index (χ2n) is 9.63. The molecule has 0 radical (unpaired) electrons. The Hall–Kier alpha value is -0.671. The molecule has 1 N–H and O–H groups in total. The van der Waals surface area contributed by atoms with E-state index in [0.717, 1.165) is 44.9 Å². The summed E-state index contributed by atoms with van der Waals surface area (Å²) >= 11 is 0. The molecule has 0 amide bonds. The van der Waals surface area contributed by atoms with Gasteiger partial charge in [-0.05, 0) is 68.0 Å². The van der Waals surface area contributed by atoms with E-state index in [-0.39, 0.29) is 83.6 Å². The van der Waals surface area contributed by atoms with E-state index in [4.69, 9.17) is 5.11 Å². The van der Waals surface area contributed by atoms with Crippen molar-refractivity contribution in [1.29, 1.82) is 0 Å². The molecule has 0 heterocycles. The summed E-state index contributed by atoms with van der Waals surface area (Å²) in [6, 6.07) is 32.5. The van der Waals surface area contributed by atoms with Crippen molar-refractivity contribution in [2.45, 2.75) is 79.1 Å². The summed E-state index contributed by atoms with van der Waals surface area (Å²) < 4.78 is 0. The van der Waals surface area contributed by atoms with Gasteiger partial charge in [-0.15, -0.1) is 0 Å². The van der Waals surface area contributed by atoms with Crippen LogP contribution in [0.3, 0.4) is 0 Å². The number of unbranched alkanes of at least 4 members (excludes halogenated alkanes) is 2. The van der Waals surface area contributed by atoms with E-state index < -0.39 is 19.9 Å². The molecular formula is C34H47KO4PPd+. The van der Waals surface area contributed by atoms with Gasteiger partial charge in [-0.25, -0.2) is 0 Å². The predicted octanol–water partition coefficient (Wildman–Crippen LogP) is 3.42. The fourth-order valence-corrected chi connectivity index (χ4v) is 6.78. The number of hydrogen-bond acceptors (Lipinski definition) is 3. The number of hydrogen-bond donors (Lipinski definition) is 1. The molecule has 2 atom stereocenters. The van der Waals surface area contributed by atoms with Gasteiger partial charge in [0, 0.05) is 26.4 Å². The minimum Gasteiger partial charge on any atom is -0.550 e. The third kappa shape index (κ3) is 17.9. The normalized spacial score (nSPS) is 11.2. The fourth-order valence-electron chi connectivity index (χ4n) is 4.21. The van der Waals surface area contributed by atoms with Crippen molar-refractivity contribution in [2.24, 2.45) is 11.8 Å². The third-order valence-electron chi connectivity index (χ3n) is 6.67. The van der Waals surface area contributed by atoms with Crippen LogP contribution in [0, 0.1) is 11.8 Å². The first-order valence-corrected chi connectivity index (χ1v) is 15.9. The van der Waals surface area contributed by atoms with Crippen LogP contribution in [0.15, 0.2) is 91.0 Å². The summed E-state index contributed by atoms with van der Waals surface area (Å²) in [5.74, 6) is -1.87. The van der Waals surface area contributed by atoms with E-state index >= 15 is 0 Å². The van der Waals surface area contributed by atoms with Gasteiger partial charge in [0.25, 0.3) is 0 Å². The number of benzene rings is 3. The maximum atomic E-state index is 10.4. The Bertz CT molecular complexity index is 918. The van der Waals surface area contributed by atoms with Crippen LogP contribution in [-0.2, 0) is 30.0 Å². The molecule has 0 saturated carbocycles. The summed E-state index contributed by atoms with van der Waals surface area (Å²) in [5.41, 5.74) is 0. The number of rotatable bonds is 13. The van der Waals surface area contributed by atoms with Gasteiger partial charge in [0.15, 0.2) is 0 Å². The molecule has 0 spiro atoms. The second-order valence-corrected chi connectivity index (χ2v) is 12.1. The van der Waals surface area contributed by atoms with Crippen molar-refractivity contribution in [3.8, 4) is 0 Å². The Morgan fingerprint density at radius 2 is 0.976 bits per heavy atom. The SMILES string of the molecule is CCCCC(CC)C(=O)O.CCCCC(CC)C(=O)[O-].[K+].[Pd].c1ccc([PH+](c2ccccc2)c2ccccc2)cc1. The van der Waals surface area contributed by atoms with Crippen LogP contribution in [0.5, 0.6) is 0 Å². The minimum absolute atomic E-state index is 0. The molecule has 0 aromatic heterocycles. The van der Waals surface area contributed by atoms with Gasteiger partial charge in [-0.1, -0.05) is 108 Å². The maximum absolute atomic E-state index is 10.4. The first kappa shape index (κ1) is 42.5. The molecule has 3 aromatic rings. The summed E-state index contributed by atoms with van der Waals surface area (Å²) in [7, 11) is -0.877. The fraction of sp³-hybridized carbons (Fsp3) is 0.412. The Morgan fingerprint density at radius 3 is 1.22 bits per heavy atom. The first-order valence-electron chi connectivity index (χ1n) is 14.4. The largest absolute Gasteiger partial charge is 1.00 e. The zero-order chi connectivity index (χ0) is 28.9. The summed E-state index contributed by atoms with van der Waals surface area (Å²) in [6.07, 6.45) is 7.24. The van der Waals surface area contributed by atoms with Crippen molar-refractivity contribution in [2.75, 3.05) is 0 Å². The summed E-state index contributed by atoms with van der Waals surface area (Å²) in [6.45, 7) is 7.95. The number of carboxylic acids is 2. The van der Waals surface area contributed by atoms with Crippen molar-refractivity contribution in [3.63, 3.8) is 0 Å². The number of carboxylic acid groups (broad SMARTS) is 2. The van der Waals surface area contributed by atoms with E-state index in [1.165, 1.54) is 15.9 Å². The van der Waals surface area contributed by atoms with Crippen molar-refractivity contribution in [1.82, 2.24) is 0 Å². The molecular weight excluding hydrogens is 649 g/mol. The smallest absolute Gasteiger partial charge is 0.550 e. The van der Waals surface area contributed by atoms with Crippen LogP contribution in [0.2, 0.25) is 0 Å². The molecule has 0 aliphatic heterocycles. The van der Waals surface area contributed by atoms with Gasteiger partial charge < -0.3 is 15.0 Å². The minimum atomic E-state index is -0.893. The molecule has 4 nitrogen and oxygen atoms in total. The molecule has 3 rings (SSSR count). The van der Waals surface area contributed by atoms with Gasteiger partial charge in [-0.3, -0.25) is 4.79 Å². The molecule has 0 fully saturated rings. The van der Waals surface area contributed by atoms with Gasteiger partial charge >= 0.3 is 57.4 Å². The average molecular weight is 696 g/mol. The van der Waals surface area contributed by atoms with Crippen LogP contribution in [0.1, 0.15) is 79.1 Å². The van der Waals surface area contributed by atoms with E-state index in [1.54, 1.807) is 0 Å². The van der Waals surface area contributed by atoms with Gasteiger partial charge in [0.05, 0.1) is 13.8 Å². The van der Waals surface area contributed by atoms with Crippen LogP contribution in [-0.4, -0.2) is 17.0 Å². The van der Waals surface area contributed by atoms with Gasteiger partial charge in [-0.2, -0.15) is 0 Å². The molecule has 0 aliphatic carbocycles. The van der Waals surface area contributed by atoms with Crippen LogP contribution in [0.4, 0.5) is 0 Å². The maximum Gasteiger partial charge on any atom is 1.00 e. The quantitative estimate of drug-likeness (QED) is 0.220.